The van der Waals surface area contributed by atoms with E-state index in [1.807, 2.05) is 6.92 Å². The first kappa shape index (κ1) is 16.0. The van der Waals surface area contributed by atoms with Crippen LogP contribution in [0.4, 0.5) is 0 Å². The average Bonchev–Trinajstić information content (AvgIpc) is 2.95. The molecule has 22 heavy (non-hydrogen) atoms. The summed E-state index contributed by atoms with van der Waals surface area (Å²) in [6.07, 6.45) is 1.24. The van der Waals surface area contributed by atoms with E-state index in [1.54, 1.807) is 11.6 Å². The fourth-order valence-corrected chi connectivity index (χ4v) is 2.26. The molecule has 118 valence electrons. The van der Waals surface area contributed by atoms with Crippen LogP contribution < -0.4 is 5.32 Å². The molecule has 0 bridgehead atoms. The van der Waals surface area contributed by atoms with Gasteiger partial charge < -0.3 is 10.4 Å². The number of rotatable bonds is 5. The normalized spacial score (nSPS) is 10.7. The largest absolute Gasteiger partial charge is 0.477 e. The zero-order valence-corrected chi connectivity index (χ0v) is 13.2. The van der Waals surface area contributed by atoms with E-state index in [0.717, 1.165) is 16.1 Å². The lowest BCUT2D eigenvalue weighted by Gasteiger charge is -2.07. The molecular formula is C13H16ClN5O3. The third kappa shape index (κ3) is 2.96. The van der Waals surface area contributed by atoms with Gasteiger partial charge in [-0.3, -0.25) is 14.2 Å². The molecule has 0 aliphatic rings. The number of nitrogens with one attached hydrogen (secondary N) is 1. The molecule has 0 fully saturated rings. The molecule has 0 aromatic carbocycles. The summed E-state index contributed by atoms with van der Waals surface area (Å²) in [4.78, 5) is 23.2. The lowest BCUT2D eigenvalue weighted by molar-refractivity contribution is 0.0679. The van der Waals surface area contributed by atoms with Gasteiger partial charge in [-0.2, -0.15) is 10.2 Å². The van der Waals surface area contributed by atoms with E-state index >= 15 is 0 Å². The minimum atomic E-state index is -1.20. The summed E-state index contributed by atoms with van der Waals surface area (Å²) in [7, 11) is 1.47. The maximum atomic E-state index is 12.0. The second-order valence-corrected chi connectivity index (χ2v) is 5.18. The van der Waals surface area contributed by atoms with E-state index in [9.17, 15) is 9.59 Å². The standard InChI is InChI=1S/C13H16ClN5O3/c1-7-10(14)8(2)19(17-7)5-4-15-12(20)9-6-16-18(3)11(9)13(21)22/h6H,4-5H2,1-3H3,(H,15,20)(H,21,22). The molecule has 0 saturated heterocycles. The summed E-state index contributed by atoms with van der Waals surface area (Å²) in [5.74, 6) is -1.69. The number of amides is 1. The molecule has 1 amide bonds. The van der Waals surface area contributed by atoms with Gasteiger partial charge in [0.05, 0.1) is 34.7 Å². The number of aromatic nitrogens is 4. The van der Waals surface area contributed by atoms with E-state index in [0.29, 0.717) is 18.1 Å². The van der Waals surface area contributed by atoms with Gasteiger partial charge in [-0.25, -0.2) is 4.79 Å². The molecule has 0 spiro atoms. The number of hydrogen-bond donors (Lipinski definition) is 2. The van der Waals surface area contributed by atoms with Crippen molar-refractivity contribution in [2.75, 3.05) is 6.54 Å². The van der Waals surface area contributed by atoms with Crippen molar-refractivity contribution in [1.29, 1.82) is 0 Å². The lowest BCUT2D eigenvalue weighted by atomic mass is 10.2. The molecule has 0 radical (unpaired) electrons. The average molecular weight is 326 g/mol. The second-order valence-electron chi connectivity index (χ2n) is 4.80. The Balaban J connectivity index is 2.02. The number of carbonyl (C=O) groups excluding carboxylic acids is 1. The molecule has 2 aromatic heterocycles. The van der Waals surface area contributed by atoms with Crippen molar-refractivity contribution in [1.82, 2.24) is 24.9 Å². The number of halogens is 1. The Kier molecular flexibility index (Phi) is 4.51. The number of carbonyl (C=O) groups is 2. The molecule has 0 aliphatic carbocycles. The highest BCUT2D eigenvalue weighted by molar-refractivity contribution is 6.31. The second kappa shape index (κ2) is 6.18. The first-order valence-electron chi connectivity index (χ1n) is 6.56. The molecule has 2 rings (SSSR count). The van der Waals surface area contributed by atoms with Gasteiger partial charge in [-0.1, -0.05) is 11.6 Å². The Morgan fingerprint density at radius 2 is 2.09 bits per heavy atom. The maximum Gasteiger partial charge on any atom is 0.354 e. The Morgan fingerprint density at radius 1 is 1.41 bits per heavy atom. The fraction of sp³-hybridized carbons (Fsp3) is 0.385. The number of aromatic carboxylic acids is 1. The lowest BCUT2D eigenvalue weighted by Crippen LogP contribution is -2.29. The van der Waals surface area contributed by atoms with Crippen LogP contribution in [-0.2, 0) is 13.6 Å². The smallest absolute Gasteiger partial charge is 0.354 e. The minimum absolute atomic E-state index is 0.0291. The summed E-state index contributed by atoms with van der Waals surface area (Å²) in [6, 6.07) is 0. The number of carboxylic acids is 1. The molecule has 0 aliphatic heterocycles. The van der Waals surface area contributed by atoms with Gasteiger partial charge in [0.1, 0.15) is 0 Å². The van der Waals surface area contributed by atoms with E-state index < -0.39 is 11.9 Å². The molecule has 9 heteroatoms. The topological polar surface area (TPSA) is 102 Å². The van der Waals surface area contributed by atoms with Crippen molar-refractivity contribution in [3.63, 3.8) is 0 Å². The Bertz CT molecular complexity index is 734. The van der Waals surface area contributed by atoms with E-state index in [-0.39, 0.29) is 11.3 Å². The van der Waals surface area contributed by atoms with E-state index in [4.69, 9.17) is 16.7 Å². The van der Waals surface area contributed by atoms with Crippen LogP contribution in [0.3, 0.4) is 0 Å². The van der Waals surface area contributed by atoms with Crippen molar-refractivity contribution in [3.05, 3.63) is 33.9 Å². The molecule has 0 saturated carbocycles. The summed E-state index contributed by atoms with van der Waals surface area (Å²) in [5.41, 5.74) is 1.43. The highest BCUT2D eigenvalue weighted by atomic mass is 35.5. The Labute approximate surface area is 131 Å². The van der Waals surface area contributed by atoms with Crippen LogP contribution in [0.15, 0.2) is 6.20 Å². The van der Waals surface area contributed by atoms with E-state index in [2.05, 4.69) is 15.5 Å². The highest BCUT2D eigenvalue weighted by Gasteiger charge is 2.21. The number of aryl methyl sites for hydroxylation is 2. The zero-order valence-electron chi connectivity index (χ0n) is 12.4. The monoisotopic (exact) mass is 325 g/mol. The van der Waals surface area contributed by atoms with Gasteiger partial charge in [0.2, 0.25) is 0 Å². The summed E-state index contributed by atoms with van der Waals surface area (Å²) < 4.78 is 2.84. The van der Waals surface area contributed by atoms with Crippen molar-refractivity contribution >= 4 is 23.5 Å². The van der Waals surface area contributed by atoms with Crippen molar-refractivity contribution < 1.29 is 14.7 Å². The van der Waals surface area contributed by atoms with Crippen molar-refractivity contribution in [2.24, 2.45) is 7.05 Å². The van der Waals surface area contributed by atoms with Crippen LogP contribution in [0.25, 0.3) is 0 Å². The maximum absolute atomic E-state index is 12.0. The van der Waals surface area contributed by atoms with E-state index in [1.165, 1.54) is 13.2 Å². The van der Waals surface area contributed by atoms with Crippen LogP contribution in [0.5, 0.6) is 0 Å². The van der Waals surface area contributed by atoms with Crippen LogP contribution >= 0.6 is 11.6 Å². The first-order valence-corrected chi connectivity index (χ1v) is 6.93. The first-order chi connectivity index (χ1) is 10.3. The van der Waals surface area contributed by atoms with Crippen molar-refractivity contribution in [3.8, 4) is 0 Å². The third-order valence-electron chi connectivity index (χ3n) is 3.29. The summed E-state index contributed by atoms with van der Waals surface area (Å²) in [6.45, 7) is 4.38. The molecule has 0 unspecified atom stereocenters. The third-order valence-corrected chi connectivity index (χ3v) is 3.84. The van der Waals surface area contributed by atoms with Gasteiger partial charge in [0.15, 0.2) is 5.69 Å². The molecule has 2 heterocycles. The summed E-state index contributed by atoms with van der Waals surface area (Å²) >= 11 is 6.05. The van der Waals surface area contributed by atoms with Crippen LogP contribution in [-0.4, -0.2) is 43.1 Å². The van der Waals surface area contributed by atoms with Gasteiger partial charge in [-0.15, -0.1) is 0 Å². The summed E-state index contributed by atoms with van der Waals surface area (Å²) in [5, 5.41) is 20.4. The fourth-order valence-electron chi connectivity index (χ4n) is 2.12. The van der Waals surface area contributed by atoms with Crippen LogP contribution in [0.2, 0.25) is 5.02 Å². The molecule has 2 aromatic rings. The number of hydrogen-bond acceptors (Lipinski definition) is 4. The van der Waals surface area contributed by atoms with Crippen LogP contribution in [0.1, 0.15) is 32.2 Å². The van der Waals surface area contributed by atoms with Gasteiger partial charge in [-0.05, 0) is 13.8 Å². The molecule has 0 atom stereocenters. The predicted molar refractivity (Wildman–Crippen MR) is 79.2 cm³/mol. The van der Waals surface area contributed by atoms with Gasteiger partial charge >= 0.3 is 5.97 Å². The Hall–Kier alpha value is -2.35. The minimum Gasteiger partial charge on any atom is -0.477 e. The van der Waals surface area contributed by atoms with Gasteiger partial charge in [0, 0.05) is 13.6 Å². The quantitative estimate of drug-likeness (QED) is 0.854. The predicted octanol–water partition coefficient (Wildman–Crippen LogP) is 1.02. The number of nitrogens with zero attached hydrogens (tertiary/aromatic N) is 4. The molecule has 8 nitrogen and oxygen atoms in total. The van der Waals surface area contributed by atoms with Gasteiger partial charge in [0.25, 0.3) is 5.91 Å². The highest BCUT2D eigenvalue weighted by Crippen LogP contribution is 2.18. The van der Waals surface area contributed by atoms with Crippen LogP contribution in [0, 0.1) is 13.8 Å². The zero-order chi connectivity index (χ0) is 16.4. The Morgan fingerprint density at radius 3 is 2.64 bits per heavy atom. The van der Waals surface area contributed by atoms with Crippen molar-refractivity contribution in [2.45, 2.75) is 20.4 Å². The SMILES string of the molecule is Cc1nn(CCNC(=O)c2cnn(C)c2C(=O)O)c(C)c1Cl. The molecular weight excluding hydrogens is 310 g/mol. The number of carboxylic acid groups (broad SMARTS) is 1. The molecule has 2 N–H and O–H groups in total.